The number of nitrogens with one attached hydrogen (secondary N) is 1. The van der Waals surface area contributed by atoms with Crippen molar-refractivity contribution in [1.82, 2.24) is 15.1 Å². The van der Waals surface area contributed by atoms with Crippen LogP contribution in [0, 0.1) is 0 Å². The Morgan fingerprint density at radius 2 is 2.00 bits per heavy atom. The van der Waals surface area contributed by atoms with Crippen LogP contribution in [0.4, 0.5) is 0 Å². The molecule has 1 aliphatic rings. The number of hydrogen-bond acceptors (Lipinski definition) is 5. The van der Waals surface area contributed by atoms with E-state index in [1.807, 2.05) is 0 Å². The number of ether oxygens (including phenoxy) is 1. The van der Waals surface area contributed by atoms with Crippen molar-refractivity contribution < 1.29 is 9.26 Å². The lowest BCUT2D eigenvalue weighted by atomic mass is 10.1. The van der Waals surface area contributed by atoms with Crippen LogP contribution in [-0.2, 0) is 17.8 Å². The maximum Gasteiger partial charge on any atom is 0.259 e. The van der Waals surface area contributed by atoms with Gasteiger partial charge >= 0.3 is 0 Å². The van der Waals surface area contributed by atoms with Gasteiger partial charge in [0.25, 0.3) is 11.4 Å². The minimum absolute atomic E-state index is 0.213. The van der Waals surface area contributed by atoms with Gasteiger partial charge in [0.2, 0.25) is 5.82 Å². The Kier molecular flexibility index (Phi) is 4.63. The van der Waals surface area contributed by atoms with E-state index in [0.717, 1.165) is 11.3 Å². The number of rotatable bonds is 3. The summed E-state index contributed by atoms with van der Waals surface area (Å²) in [5, 5.41) is 4.92. The van der Waals surface area contributed by atoms with Crippen LogP contribution in [-0.4, -0.2) is 21.7 Å². The molecule has 1 N–H and O–H groups in total. The fourth-order valence-corrected chi connectivity index (χ4v) is 3.25. The van der Waals surface area contributed by atoms with Crippen molar-refractivity contribution in [3.63, 3.8) is 0 Å². The van der Waals surface area contributed by atoms with Gasteiger partial charge in [0.15, 0.2) is 0 Å². The Balaban J connectivity index is 1.65. The van der Waals surface area contributed by atoms with E-state index in [9.17, 15) is 4.79 Å². The lowest BCUT2D eigenvalue weighted by molar-refractivity contribution is 0.109. The molecule has 0 atom stereocenters. The van der Waals surface area contributed by atoms with Crippen LogP contribution in [0.1, 0.15) is 22.7 Å². The number of hydrogen-bond donors (Lipinski definition) is 1. The third kappa shape index (κ3) is 3.31. The molecule has 0 saturated heterocycles. The predicted octanol–water partition coefficient (Wildman–Crippen LogP) is 3.97. The van der Waals surface area contributed by atoms with Crippen molar-refractivity contribution >= 4 is 35.4 Å². The summed E-state index contributed by atoms with van der Waals surface area (Å²) in [7, 11) is 0. The number of H-pyrrole nitrogens is 1. The van der Waals surface area contributed by atoms with Crippen LogP contribution >= 0.6 is 23.2 Å². The summed E-state index contributed by atoms with van der Waals surface area (Å²) in [6.45, 7) is 1.05. The van der Waals surface area contributed by atoms with Crippen molar-refractivity contribution in [3.05, 3.63) is 67.4 Å². The molecular formula is C18H13Cl2N3O3. The first kappa shape index (κ1) is 17.0. The molecule has 4 rings (SSSR count). The topological polar surface area (TPSA) is 81.0 Å². The normalized spacial score (nSPS) is 13.9. The van der Waals surface area contributed by atoms with Crippen LogP contribution < -0.4 is 5.56 Å². The number of aromatic amines is 1. The van der Waals surface area contributed by atoms with Gasteiger partial charge in [-0.05, 0) is 29.8 Å². The number of aromatic nitrogens is 3. The summed E-state index contributed by atoms with van der Waals surface area (Å²) >= 11 is 12.3. The highest BCUT2D eigenvalue weighted by Gasteiger charge is 2.17. The first-order valence-electron chi connectivity index (χ1n) is 7.91. The molecule has 1 aromatic carbocycles. The van der Waals surface area contributed by atoms with Gasteiger partial charge in [0, 0.05) is 33.8 Å². The van der Waals surface area contributed by atoms with E-state index in [2.05, 4.69) is 15.1 Å². The van der Waals surface area contributed by atoms with Gasteiger partial charge in [-0.2, -0.15) is 4.98 Å². The zero-order chi connectivity index (χ0) is 18.1. The summed E-state index contributed by atoms with van der Waals surface area (Å²) in [6, 6.07) is 6.98. The number of fused-ring (bicyclic) bond motifs is 1. The fourth-order valence-electron chi connectivity index (χ4n) is 2.72. The smallest absolute Gasteiger partial charge is 0.259 e. The Morgan fingerprint density at radius 3 is 2.81 bits per heavy atom. The highest BCUT2D eigenvalue weighted by Crippen LogP contribution is 2.26. The minimum Gasteiger partial charge on any atom is -0.376 e. The Hall–Kier alpha value is -2.41. The molecule has 2 aromatic heterocycles. The summed E-state index contributed by atoms with van der Waals surface area (Å²) in [4.78, 5) is 19.4. The molecule has 132 valence electrons. The van der Waals surface area contributed by atoms with Gasteiger partial charge in [0.1, 0.15) is 0 Å². The third-order valence-corrected chi connectivity index (χ3v) is 4.70. The molecule has 8 heteroatoms. The SMILES string of the molecule is O=c1[nH]c2c(cc1-c1noc(/C=C/c3c(Cl)cccc3Cl)n1)COCC2. The first-order valence-corrected chi connectivity index (χ1v) is 8.66. The van der Waals surface area contributed by atoms with Crippen LogP contribution in [0.5, 0.6) is 0 Å². The number of nitrogens with zero attached hydrogens (tertiary/aromatic N) is 2. The van der Waals surface area contributed by atoms with Crippen molar-refractivity contribution in [1.29, 1.82) is 0 Å². The van der Waals surface area contributed by atoms with Crippen LogP contribution in [0.2, 0.25) is 10.0 Å². The molecule has 0 spiro atoms. The quantitative estimate of drug-likeness (QED) is 0.732. The predicted molar refractivity (Wildman–Crippen MR) is 99.1 cm³/mol. The van der Waals surface area contributed by atoms with E-state index < -0.39 is 0 Å². The standard InChI is InChI=1S/C18H13Cl2N3O3/c19-13-2-1-3-14(20)11(13)4-5-16-22-17(23-26-16)12-8-10-9-25-7-6-15(10)21-18(12)24/h1-5,8H,6-7,9H2,(H,21,24)/b5-4+. The third-order valence-electron chi connectivity index (χ3n) is 4.04. The molecular weight excluding hydrogens is 377 g/mol. The zero-order valence-corrected chi connectivity index (χ0v) is 15.0. The second kappa shape index (κ2) is 7.07. The number of benzene rings is 1. The lowest BCUT2D eigenvalue weighted by Crippen LogP contribution is -2.19. The minimum atomic E-state index is -0.254. The van der Waals surface area contributed by atoms with Crippen LogP contribution in [0.25, 0.3) is 23.5 Å². The number of pyridine rings is 1. The maximum atomic E-state index is 12.3. The average Bonchev–Trinajstić information content (AvgIpc) is 3.09. The van der Waals surface area contributed by atoms with Gasteiger partial charge in [0.05, 0.1) is 18.8 Å². The summed E-state index contributed by atoms with van der Waals surface area (Å²) in [5.74, 6) is 0.453. The van der Waals surface area contributed by atoms with E-state index >= 15 is 0 Å². The average molecular weight is 390 g/mol. The molecule has 26 heavy (non-hydrogen) atoms. The van der Waals surface area contributed by atoms with Crippen molar-refractivity contribution in [2.24, 2.45) is 0 Å². The molecule has 0 bridgehead atoms. The molecule has 0 saturated carbocycles. The van der Waals surface area contributed by atoms with E-state index in [0.29, 0.717) is 40.8 Å². The van der Waals surface area contributed by atoms with Crippen LogP contribution in [0.3, 0.4) is 0 Å². The highest BCUT2D eigenvalue weighted by molar-refractivity contribution is 6.37. The Bertz CT molecular complexity index is 1040. The van der Waals surface area contributed by atoms with Gasteiger partial charge in [-0.15, -0.1) is 0 Å². The maximum absolute atomic E-state index is 12.3. The van der Waals surface area contributed by atoms with Gasteiger partial charge in [-0.1, -0.05) is 34.4 Å². The van der Waals surface area contributed by atoms with Crippen molar-refractivity contribution in [3.8, 4) is 11.4 Å². The molecule has 3 aromatic rings. The molecule has 0 radical (unpaired) electrons. The summed E-state index contributed by atoms with van der Waals surface area (Å²) in [6.07, 6.45) is 3.97. The van der Waals surface area contributed by atoms with Crippen LogP contribution in [0.15, 0.2) is 33.6 Å². The van der Waals surface area contributed by atoms with Gasteiger partial charge in [-0.25, -0.2) is 0 Å². The van der Waals surface area contributed by atoms with E-state index in [4.69, 9.17) is 32.5 Å². The monoisotopic (exact) mass is 389 g/mol. The summed E-state index contributed by atoms with van der Waals surface area (Å²) < 4.78 is 10.6. The Morgan fingerprint density at radius 1 is 1.19 bits per heavy atom. The van der Waals surface area contributed by atoms with Crippen molar-refractivity contribution in [2.75, 3.05) is 6.61 Å². The molecule has 3 heterocycles. The van der Waals surface area contributed by atoms with Gasteiger partial charge in [-0.3, -0.25) is 4.79 Å². The second-order valence-corrected chi connectivity index (χ2v) is 6.56. The number of halogens is 2. The fraction of sp³-hybridized carbons (Fsp3) is 0.167. The van der Waals surface area contributed by atoms with E-state index in [-0.39, 0.29) is 17.3 Å². The molecule has 0 amide bonds. The van der Waals surface area contributed by atoms with E-state index in [1.165, 1.54) is 0 Å². The lowest BCUT2D eigenvalue weighted by Gasteiger charge is -2.15. The second-order valence-electron chi connectivity index (χ2n) is 5.74. The van der Waals surface area contributed by atoms with Gasteiger partial charge < -0.3 is 14.2 Å². The first-order chi connectivity index (χ1) is 12.6. The largest absolute Gasteiger partial charge is 0.376 e. The molecule has 0 aliphatic carbocycles. The molecule has 0 unspecified atom stereocenters. The molecule has 0 fully saturated rings. The zero-order valence-electron chi connectivity index (χ0n) is 13.5. The summed E-state index contributed by atoms with van der Waals surface area (Å²) in [5.41, 5.74) is 2.56. The molecule has 1 aliphatic heterocycles. The Labute approximate surface area is 158 Å². The van der Waals surface area contributed by atoms with Crippen molar-refractivity contribution in [2.45, 2.75) is 13.0 Å². The highest BCUT2D eigenvalue weighted by atomic mass is 35.5. The van der Waals surface area contributed by atoms with E-state index in [1.54, 1.807) is 36.4 Å². The molecule has 6 nitrogen and oxygen atoms in total.